The lowest BCUT2D eigenvalue weighted by molar-refractivity contribution is -0.0107. The van der Waals surface area contributed by atoms with Gasteiger partial charge in [-0.25, -0.2) is 0 Å². The Balaban J connectivity index is 4.75. The zero-order valence-corrected chi connectivity index (χ0v) is 34.4. The van der Waals surface area contributed by atoms with E-state index in [1.807, 2.05) is 4.90 Å². The topological polar surface area (TPSA) is 187 Å². The highest BCUT2D eigenvalue weighted by atomic mass is 28.4. The number of aliphatic hydroxyl groups is 3. The van der Waals surface area contributed by atoms with Crippen molar-refractivity contribution in [1.82, 2.24) is 10.2 Å². The van der Waals surface area contributed by atoms with Crippen LogP contribution in [0.25, 0.3) is 0 Å². The molecule has 0 radical (unpaired) electrons. The summed E-state index contributed by atoms with van der Waals surface area (Å²) in [6.07, 6.45) is -0.277. The molecule has 49 heavy (non-hydrogen) atoms. The SMILES string of the molecule is CO[Si](CCCOCC(O)CNCCN(CC(O)COCCC[Si](OC)(OC)OC)CC(O)COCCC[Si](OC)(OC)OC)(OC)OC. The monoisotopic (exact) mass is 768 g/mol. The summed E-state index contributed by atoms with van der Waals surface area (Å²) in [4.78, 5) is 1.94. The van der Waals surface area contributed by atoms with Crippen LogP contribution in [-0.4, -0.2) is 201 Å². The first-order valence-corrected chi connectivity index (χ1v) is 22.5. The standard InChI is InChI=1S/C29H68N2O15Si3/c1-35-47(36-2,37-3)18-10-15-44-24-27(32)21-30-13-14-31(22-28(33)25-45-16-11-19-48(38-4,39-5)40-6)23-29(34)26-46-17-12-20-49(41-7,42-8)43-9/h27-30,32-34H,10-26H2,1-9H3. The average Bonchev–Trinajstić information content (AvgIpc) is 3.12. The van der Waals surface area contributed by atoms with Crippen LogP contribution >= 0.6 is 0 Å². The molecular weight excluding hydrogens is 701 g/mol. The van der Waals surface area contributed by atoms with E-state index in [-0.39, 0.29) is 32.9 Å². The molecular formula is C29H68N2O15Si3. The smallest absolute Gasteiger partial charge is 0.389 e. The summed E-state index contributed by atoms with van der Waals surface area (Å²) in [5, 5.41) is 35.0. The minimum absolute atomic E-state index is 0.126. The molecule has 0 bridgehead atoms. The maximum Gasteiger partial charge on any atom is 0.500 e. The molecule has 0 saturated heterocycles. The highest BCUT2D eigenvalue weighted by Crippen LogP contribution is 2.17. The molecule has 0 fully saturated rings. The molecule has 0 aromatic carbocycles. The lowest BCUT2D eigenvalue weighted by Crippen LogP contribution is -2.45. The minimum Gasteiger partial charge on any atom is -0.389 e. The Morgan fingerprint density at radius 2 is 0.796 bits per heavy atom. The van der Waals surface area contributed by atoms with Gasteiger partial charge in [-0.3, -0.25) is 4.90 Å². The largest absolute Gasteiger partial charge is 0.500 e. The number of hydrogen-bond donors (Lipinski definition) is 4. The molecule has 0 amide bonds. The first kappa shape index (κ1) is 49.0. The lowest BCUT2D eigenvalue weighted by atomic mass is 10.2. The average molecular weight is 769 g/mol. The van der Waals surface area contributed by atoms with Gasteiger partial charge in [0.2, 0.25) is 0 Å². The number of ether oxygens (including phenoxy) is 3. The quantitative estimate of drug-likeness (QED) is 0.0485. The van der Waals surface area contributed by atoms with Crippen LogP contribution in [0, 0.1) is 0 Å². The normalized spacial score (nSPS) is 14.9. The maximum absolute atomic E-state index is 10.7. The van der Waals surface area contributed by atoms with E-state index in [4.69, 9.17) is 54.0 Å². The Hall–Kier alpha value is -0.0294. The van der Waals surface area contributed by atoms with Crippen molar-refractivity contribution < 1.29 is 69.4 Å². The molecule has 3 unspecified atom stereocenters. The second-order valence-corrected chi connectivity index (χ2v) is 20.6. The first-order chi connectivity index (χ1) is 23.5. The van der Waals surface area contributed by atoms with Gasteiger partial charge in [-0.2, -0.15) is 0 Å². The van der Waals surface area contributed by atoms with Gasteiger partial charge in [0.15, 0.2) is 0 Å². The van der Waals surface area contributed by atoms with Crippen molar-refractivity contribution in [2.45, 2.75) is 55.7 Å². The van der Waals surface area contributed by atoms with Crippen molar-refractivity contribution >= 4 is 26.4 Å². The van der Waals surface area contributed by atoms with Gasteiger partial charge in [0.05, 0.1) is 38.1 Å². The molecule has 20 heteroatoms. The van der Waals surface area contributed by atoms with E-state index in [9.17, 15) is 15.3 Å². The Labute approximate surface area is 297 Å². The van der Waals surface area contributed by atoms with Crippen molar-refractivity contribution in [3.63, 3.8) is 0 Å². The molecule has 0 aliphatic heterocycles. The van der Waals surface area contributed by atoms with Crippen LogP contribution < -0.4 is 5.32 Å². The third kappa shape index (κ3) is 21.3. The van der Waals surface area contributed by atoms with E-state index in [1.54, 1.807) is 64.0 Å². The zero-order valence-electron chi connectivity index (χ0n) is 31.4. The van der Waals surface area contributed by atoms with Gasteiger partial charge < -0.3 is 74.7 Å². The van der Waals surface area contributed by atoms with Crippen molar-refractivity contribution in [3.05, 3.63) is 0 Å². The fraction of sp³-hybridized carbons (Fsp3) is 1.00. The molecule has 0 rings (SSSR count). The fourth-order valence-electron chi connectivity index (χ4n) is 5.02. The van der Waals surface area contributed by atoms with Gasteiger partial charge in [-0.05, 0) is 19.3 Å². The fourth-order valence-corrected chi connectivity index (χ4v) is 10.1. The van der Waals surface area contributed by atoms with E-state index in [2.05, 4.69) is 5.32 Å². The van der Waals surface area contributed by atoms with Gasteiger partial charge in [-0.15, -0.1) is 0 Å². The third-order valence-corrected chi connectivity index (χ3v) is 16.5. The van der Waals surface area contributed by atoms with Crippen LogP contribution in [-0.2, 0) is 54.0 Å². The molecule has 0 aromatic heterocycles. The van der Waals surface area contributed by atoms with Crippen molar-refractivity contribution in [2.75, 3.05) is 136 Å². The summed E-state index contributed by atoms with van der Waals surface area (Å²) in [6, 6.07) is 1.80. The summed E-state index contributed by atoms with van der Waals surface area (Å²) in [5.74, 6) is 0. The van der Waals surface area contributed by atoms with Gasteiger partial charge in [-0.1, -0.05) is 0 Å². The van der Waals surface area contributed by atoms with Crippen LogP contribution in [0.1, 0.15) is 19.3 Å². The second kappa shape index (κ2) is 29.4. The molecule has 0 aliphatic rings. The molecule has 0 aliphatic carbocycles. The molecule has 296 valence electrons. The second-order valence-electron chi connectivity index (χ2n) is 11.3. The first-order valence-electron chi connectivity index (χ1n) is 16.7. The predicted octanol–water partition coefficient (Wildman–Crippen LogP) is -0.185. The van der Waals surface area contributed by atoms with E-state index in [0.29, 0.717) is 76.8 Å². The maximum atomic E-state index is 10.7. The highest BCUT2D eigenvalue weighted by Gasteiger charge is 2.38. The molecule has 0 heterocycles. The van der Waals surface area contributed by atoms with Crippen LogP contribution in [0.15, 0.2) is 0 Å². The highest BCUT2D eigenvalue weighted by molar-refractivity contribution is 6.61. The van der Waals surface area contributed by atoms with Crippen LogP contribution in [0.2, 0.25) is 18.1 Å². The van der Waals surface area contributed by atoms with Gasteiger partial charge in [0, 0.05) is 135 Å². The Kier molecular flexibility index (Phi) is 29.4. The number of aliphatic hydroxyl groups excluding tert-OH is 3. The number of nitrogens with one attached hydrogen (secondary N) is 1. The Morgan fingerprint density at radius 1 is 0.490 bits per heavy atom. The summed E-state index contributed by atoms with van der Waals surface area (Å²) in [5.41, 5.74) is 0. The summed E-state index contributed by atoms with van der Waals surface area (Å²) in [7, 11) is 6.14. The number of rotatable bonds is 36. The predicted molar refractivity (Wildman–Crippen MR) is 188 cm³/mol. The van der Waals surface area contributed by atoms with Crippen LogP contribution in [0.5, 0.6) is 0 Å². The molecule has 0 spiro atoms. The summed E-state index contributed by atoms with van der Waals surface area (Å²) < 4.78 is 65.9. The minimum atomic E-state index is -2.67. The Bertz CT molecular complexity index is 697. The molecule has 0 aromatic rings. The van der Waals surface area contributed by atoms with E-state index < -0.39 is 44.7 Å². The van der Waals surface area contributed by atoms with E-state index in [0.717, 1.165) is 0 Å². The van der Waals surface area contributed by atoms with Crippen molar-refractivity contribution in [1.29, 1.82) is 0 Å². The molecule has 3 atom stereocenters. The van der Waals surface area contributed by atoms with E-state index in [1.165, 1.54) is 0 Å². The number of nitrogens with zero attached hydrogens (tertiary/aromatic N) is 1. The van der Waals surface area contributed by atoms with Crippen LogP contribution in [0.4, 0.5) is 0 Å². The van der Waals surface area contributed by atoms with Crippen LogP contribution in [0.3, 0.4) is 0 Å². The molecule has 4 N–H and O–H groups in total. The summed E-state index contributed by atoms with van der Waals surface area (Å²) >= 11 is 0. The summed E-state index contributed by atoms with van der Waals surface area (Å²) in [6.45, 7) is 3.58. The van der Waals surface area contributed by atoms with Gasteiger partial charge >= 0.3 is 26.4 Å². The van der Waals surface area contributed by atoms with Crippen molar-refractivity contribution in [2.24, 2.45) is 0 Å². The molecule has 0 saturated carbocycles. The third-order valence-electron chi connectivity index (χ3n) is 7.97. The zero-order chi connectivity index (χ0) is 37.0. The molecule has 17 nitrogen and oxygen atoms in total. The van der Waals surface area contributed by atoms with Gasteiger partial charge in [0.25, 0.3) is 0 Å². The Morgan fingerprint density at radius 3 is 1.10 bits per heavy atom. The lowest BCUT2D eigenvalue weighted by Gasteiger charge is -2.28. The number of hydrogen-bond acceptors (Lipinski definition) is 17. The van der Waals surface area contributed by atoms with Gasteiger partial charge in [0.1, 0.15) is 0 Å². The van der Waals surface area contributed by atoms with Crippen molar-refractivity contribution in [3.8, 4) is 0 Å². The van der Waals surface area contributed by atoms with E-state index >= 15 is 0 Å².